The van der Waals surface area contributed by atoms with Gasteiger partial charge < -0.3 is 10.6 Å². The lowest BCUT2D eigenvalue weighted by Crippen LogP contribution is -2.15. The molecule has 1 heterocycles. The third kappa shape index (κ3) is 4.55. The highest BCUT2D eigenvalue weighted by atomic mass is 16.1. The van der Waals surface area contributed by atoms with Gasteiger partial charge in [-0.2, -0.15) is 0 Å². The molecule has 1 aromatic heterocycles. The number of hydrogen-bond donors (Lipinski definition) is 2. The zero-order valence-electron chi connectivity index (χ0n) is 13.3. The van der Waals surface area contributed by atoms with Crippen LogP contribution in [0.2, 0.25) is 0 Å². The number of carbonyl (C=O) groups is 1. The standard InChI is InChI=1S/C17H22N4O/c1-4-5-6-18-16-10-15(19-11-20-16)17(22)21-14-8-12(2)7-13(3)9-14/h7-11H,4-6H2,1-3H3,(H,21,22)(H,18,19,20). The van der Waals surface area contributed by atoms with Gasteiger partial charge in [0.1, 0.15) is 17.8 Å². The van der Waals surface area contributed by atoms with Gasteiger partial charge in [0, 0.05) is 18.3 Å². The van der Waals surface area contributed by atoms with Gasteiger partial charge >= 0.3 is 0 Å². The molecule has 1 aromatic carbocycles. The van der Waals surface area contributed by atoms with Gasteiger partial charge in [0.05, 0.1) is 0 Å². The van der Waals surface area contributed by atoms with Gasteiger partial charge in [-0.1, -0.05) is 19.4 Å². The molecular weight excluding hydrogens is 276 g/mol. The maximum absolute atomic E-state index is 12.3. The van der Waals surface area contributed by atoms with Gasteiger partial charge in [-0.3, -0.25) is 4.79 Å². The molecule has 116 valence electrons. The molecule has 5 nitrogen and oxygen atoms in total. The molecule has 2 N–H and O–H groups in total. The summed E-state index contributed by atoms with van der Waals surface area (Å²) in [6.07, 6.45) is 3.58. The lowest BCUT2D eigenvalue weighted by atomic mass is 10.1. The summed E-state index contributed by atoms with van der Waals surface area (Å²) in [6.45, 7) is 6.97. The lowest BCUT2D eigenvalue weighted by molar-refractivity contribution is 0.102. The van der Waals surface area contributed by atoms with Gasteiger partial charge in [-0.05, 0) is 43.5 Å². The fraction of sp³-hybridized carbons (Fsp3) is 0.353. The van der Waals surface area contributed by atoms with Crippen molar-refractivity contribution in [1.82, 2.24) is 9.97 Å². The van der Waals surface area contributed by atoms with Crippen molar-refractivity contribution >= 4 is 17.4 Å². The second kappa shape index (κ2) is 7.54. The van der Waals surface area contributed by atoms with E-state index in [2.05, 4.69) is 33.6 Å². The minimum absolute atomic E-state index is 0.231. The molecule has 2 aromatic rings. The summed E-state index contributed by atoms with van der Waals surface area (Å²) in [5.41, 5.74) is 3.36. The molecule has 0 saturated heterocycles. The predicted octanol–water partition coefficient (Wildman–Crippen LogP) is 3.56. The van der Waals surface area contributed by atoms with E-state index >= 15 is 0 Å². The molecule has 0 aliphatic rings. The quantitative estimate of drug-likeness (QED) is 0.800. The average Bonchev–Trinajstić information content (AvgIpc) is 2.47. The number of hydrogen-bond acceptors (Lipinski definition) is 4. The summed E-state index contributed by atoms with van der Waals surface area (Å²) in [5, 5.41) is 6.07. The number of amides is 1. The van der Waals surface area contributed by atoms with E-state index in [4.69, 9.17) is 0 Å². The van der Waals surface area contributed by atoms with Crippen molar-refractivity contribution < 1.29 is 4.79 Å². The monoisotopic (exact) mass is 298 g/mol. The molecule has 0 saturated carbocycles. The van der Waals surface area contributed by atoms with Crippen LogP contribution in [0.5, 0.6) is 0 Å². The van der Waals surface area contributed by atoms with Gasteiger partial charge in [-0.15, -0.1) is 0 Å². The Morgan fingerprint density at radius 3 is 2.50 bits per heavy atom. The maximum atomic E-state index is 12.3. The Hall–Kier alpha value is -2.43. The molecule has 2 rings (SSSR count). The minimum Gasteiger partial charge on any atom is -0.370 e. The second-order valence-electron chi connectivity index (χ2n) is 5.40. The molecule has 0 fully saturated rings. The molecular formula is C17H22N4O. The number of anilines is 2. The van der Waals surface area contributed by atoms with Crippen molar-refractivity contribution in [1.29, 1.82) is 0 Å². The molecule has 0 atom stereocenters. The van der Waals surface area contributed by atoms with E-state index in [9.17, 15) is 4.79 Å². The molecule has 0 radical (unpaired) electrons. The van der Waals surface area contributed by atoms with Crippen LogP contribution in [0.1, 0.15) is 41.4 Å². The lowest BCUT2D eigenvalue weighted by Gasteiger charge is -2.08. The molecule has 0 unspecified atom stereocenters. The molecule has 22 heavy (non-hydrogen) atoms. The van der Waals surface area contributed by atoms with Crippen LogP contribution in [0.3, 0.4) is 0 Å². The van der Waals surface area contributed by atoms with Crippen molar-refractivity contribution in [3.63, 3.8) is 0 Å². The first-order valence-corrected chi connectivity index (χ1v) is 7.54. The van der Waals surface area contributed by atoms with Gasteiger partial charge in [0.2, 0.25) is 0 Å². The van der Waals surface area contributed by atoms with E-state index in [0.29, 0.717) is 11.5 Å². The van der Waals surface area contributed by atoms with Crippen molar-refractivity contribution in [3.8, 4) is 0 Å². The summed E-state index contributed by atoms with van der Waals surface area (Å²) in [6, 6.07) is 7.61. The highest BCUT2D eigenvalue weighted by Gasteiger charge is 2.09. The van der Waals surface area contributed by atoms with E-state index in [1.54, 1.807) is 6.07 Å². The number of aryl methyl sites for hydroxylation is 2. The Labute approximate surface area is 131 Å². The molecule has 0 bridgehead atoms. The largest absolute Gasteiger partial charge is 0.370 e. The Balaban J connectivity index is 2.07. The van der Waals surface area contributed by atoms with Gasteiger partial charge in [0.25, 0.3) is 5.91 Å². The van der Waals surface area contributed by atoms with Crippen LogP contribution < -0.4 is 10.6 Å². The van der Waals surface area contributed by atoms with E-state index in [1.165, 1.54) is 6.33 Å². The van der Waals surface area contributed by atoms with Crippen LogP contribution in [0.15, 0.2) is 30.6 Å². The van der Waals surface area contributed by atoms with Crippen molar-refractivity contribution in [2.24, 2.45) is 0 Å². The minimum atomic E-state index is -0.231. The number of nitrogens with one attached hydrogen (secondary N) is 2. The third-order valence-electron chi connectivity index (χ3n) is 3.22. The summed E-state index contributed by atoms with van der Waals surface area (Å²) in [5.74, 6) is 0.444. The molecule has 0 aliphatic heterocycles. The van der Waals surface area contributed by atoms with E-state index in [-0.39, 0.29) is 5.91 Å². The smallest absolute Gasteiger partial charge is 0.274 e. The Morgan fingerprint density at radius 2 is 1.82 bits per heavy atom. The second-order valence-corrected chi connectivity index (χ2v) is 5.40. The first-order valence-electron chi connectivity index (χ1n) is 7.54. The fourth-order valence-corrected chi connectivity index (χ4v) is 2.21. The third-order valence-corrected chi connectivity index (χ3v) is 3.22. The van der Waals surface area contributed by atoms with E-state index in [1.807, 2.05) is 26.0 Å². The first-order chi connectivity index (χ1) is 10.6. The number of benzene rings is 1. The number of rotatable bonds is 6. The van der Waals surface area contributed by atoms with Crippen LogP contribution in [0.4, 0.5) is 11.5 Å². The SMILES string of the molecule is CCCCNc1cc(C(=O)Nc2cc(C)cc(C)c2)ncn1. The maximum Gasteiger partial charge on any atom is 0.274 e. The highest BCUT2D eigenvalue weighted by molar-refractivity contribution is 6.03. The highest BCUT2D eigenvalue weighted by Crippen LogP contribution is 2.15. The summed E-state index contributed by atoms with van der Waals surface area (Å²) >= 11 is 0. The van der Waals surface area contributed by atoms with Gasteiger partial charge in [0.15, 0.2) is 0 Å². The summed E-state index contributed by atoms with van der Waals surface area (Å²) in [4.78, 5) is 20.5. The van der Waals surface area contributed by atoms with Gasteiger partial charge in [-0.25, -0.2) is 9.97 Å². The van der Waals surface area contributed by atoms with Crippen LogP contribution in [-0.2, 0) is 0 Å². The molecule has 0 spiro atoms. The molecule has 5 heteroatoms. The molecule has 1 amide bonds. The Bertz CT molecular complexity index is 635. The number of unbranched alkanes of at least 4 members (excludes halogenated alkanes) is 1. The normalized spacial score (nSPS) is 10.3. The zero-order valence-corrected chi connectivity index (χ0v) is 13.3. The van der Waals surface area contributed by atoms with Crippen LogP contribution in [0, 0.1) is 13.8 Å². The van der Waals surface area contributed by atoms with E-state index < -0.39 is 0 Å². The number of aromatic nitrogens is 2. The molecule has 0 aliphatic carbocycles. The van der Waals surface area contributed by atoms with E-state index in [0.717, 1.165) is 36.2 Å². The fourth-order valence-electron chi connectivity index (χ4n) is 2.21. The average molecular weight is 298 g/mol. The number of nitrogens with zero attached hydrogens (tertiary/aromatic N) is 2. The Kier molecular flexibility index (Phi) is 5.47. The van der Waals surface area contributed by atoms with Crippen LogP contribution >= 0.6 is 0 Å². The summed E-state index contributed by atoms with van der Waals surface area (Å²) in [7, 11) is 0. The Morgan fingerprint density at radius 1 is 1.09 bits per heavy atom. The van der Waals surface area contributed by atoms with Crippen molar-refractivity contribution in [2.45, 2.75) is 33.6 Å². The summed E-state index contributed by atoms with van der Waals surface area (Å²) < 4.78 is 0. The first kappa shape index (κ1) is 15.9. The van der Waals surface area contributed by atoms with Crippen LogP contribution in [-0.4, -0.2) is 22.4 Å². The van der Waals surface area contributed by atoms with Crippen molar-refractivity contribution in [3.05, 3.63) is 47.4 Å². The van der Waals surface area contributed by atoms with Crippen molar-refractivity contribution in [2.75, 3.05) is 17.2 Å². The topological polar surface area (TPSA) is 66.9 Å². The predicted molar refractivity (Wildman–Crippen MR) is 89.3 cm³/mol. The number of carbonyl (C=O) groups excluding carboxylic acids is 1. The zero-order chi connectivity index (χ0) is 15.9. The van der Waals surface area contributed by atoms with Crippen LogP contribution in [0.25, 0.3) is 0 Å².